The molecule has 0 heterocycles. The van der Waals surface area contributed by atoms with Crippen molar-refractivity contribution in [2.75, 3.05) is 6.54 Å². The molecule has 2 nitrogen and oxygen atoms in total. The summed E-state index contributed by atoms with van der Waals surface area (Å²) in [6.45, 7) is 0.877. The summed E-state index contributed by atoms with van der Waals surface area (Å²) in [5.74, 6) is 1.43. The molecule has 2 aliphatic carbocycles. The third kappa shape index (κ3) is 2.37. The number of nitrogens with one attached hydrogen (secondary N) is 1. The molecule has 78 valence electrons. The standard InChI is InChI=1S/C12H19NO/c14-12(11-6-3-7-11)13-9-8-10-4-1-2-5-10/h1-2,10-11H,3-9H2,(H,13,14). The highest BCUT2D eigenvalue weighted by Gasteiger charge is 2.24. The van der Waals surface area contributed by atoms with E-state index in [-0.39, 0.29) is 0 Å². The van der Waals surface area contributed by atoms with Crippen LogP contribution in [0.4, 0.5) is 0 Å². The van der Waals surface area contributed by atoms with Crippen LogP contribution in [0.25, 0.3) is 0 Å². The van der Waals surface area contributed by atoms with Gasteiger partial charge in [0.05, 0.1) is 0 Å². The van der Waals surface area contributed by atoms with Crippen LogP contribution in [0, 0.1) is 11.8 Å². The lowest BCUT2D eigenvalue weighted by molar-refractivity contribution is -0.127. The maximum Gasteiger partial charge on any atom is 0.223 e. The van der Waals surface area contributed by atoms with Crippen LogP contribution in [0.2, 0.25) is 0 Å². The van der Waals surface area contributed by atoms with Crippen LogP contribution >= 0.6 is 0 Å². The van der Waals surface area contributed by atoms with Gasteiger partial charge in [-0.05, 0) is 38.0 Å². The maximum absolute atomic E-state index is 11.5. The molecule has 0 aliphatic heterocycles. The van der Waals surface area contributed by atoms with E-state index in [9.17, 15) is 4.79 Å². The van der Waals surface area contributed by atoms with Crippen molar-refractivity contribution in [3.05, 3.63) is 12.2 Å². The van der Waals surface area contributed by atoms with Crippen molar-refractivity contribution in [1.29, 1.82) is 0 Å². The summed E-state index contributed by atoms with van der Waals surface area (Å²) in [7, 11) is 0. The van der Waals surface area contributed by atoms with Crippen LogP contribution < -0.4 is 5.32 Å². The molecule has 0 aromatic rings. The van der Waals surface area contributed by atoms with Gasteiger partial charge in [-0.25, -0.2) is 0 Å². The molecule has 0 radical (unpaired) electrons. The lowest BCUT2D eigenvalue weighted by atomic mass is 9.85. The van der Waals surface area contributed by atoms with Gasteiger partial charge in [-0.1, -0.05) is 18.6 Å². The first-order valence-electron chi connectivity index (χ1n) is 5.79. The second-order valence-electron chi connectivity index (χ2n) is 4.52. The van der Waals surface area contributed by atoms with Gasteiger partial charge in [0, 0.05) is 12.5 Å². The first-order chi connectivity index (χ1) is 6.86. The molecule has 1 saturated carbocycles. The Balaban J connectivity index is 1.55. The number of carbonyl (C=O) groups excluding carboxylic acids is 1. The normalized spacial score (nSPS) is 22.3. The first kappa shape index (κ1) is 9.75. The predicted molar refractivity (Wildman–Crippen MR) is 56.8 cm³/mol. The fourth-order valence-electron chi connectivity index (χ4n) is 2.12. The minimum absolute atomic E-state index is 0.294. The molecule has 0 spiro atoms. The van der Waals surface area contributed by atoms with Gasteiger partial charge < -0.3 is 5.32 Å². The molecule has 2 heteroatoms. The highest BCUT2D eigenvalue weighted by molar-refractivity contribution is 5.79. The van der Waals surface area contributed by atoms with E-state index in [2.05, 4.69) is 17.5 Å². The number of carbonyl (C=O) groups is 1. The van der Waals surface area contributed by atoms with Crippen molar-refractivity contribution in [3.8, 4) is 0 Å². The van der Waals surface area contributed by atoms with Crippen molar-refractivity contribution < 1.29 is 4.79 Å². The summed E-state index contributed by atoms with van der Waals surface area (Å²) >= 11 is 0. The molecule has 0 unspecified atom stereocenters. The minimum Gasteiger partial charge on any atom is -0.356 e. The lowest BCUT2D eigenvalue weighted by Crippen LogP contribution is -2.35. The molecule has 0 bridgehead atoms. The molecule has 2 rings (SSSR count). The number of hydrogen-bond donors (Lipinski definition) is 1. The van der Waals surface area contributed by atoms with Crippen molar-refractivity contribution >= 4 is 5.91 Å². The van der Waals surface area contributed by atoms with Crippen LogP contribution in [0.3, 0.4) is 0 Å². The van der Waals surface area contributed by atoms with Gasteiger partial charge in [0.25, 0.3) is 0 Å². The van der Waals surface area contributed by atoms with E-state index < -0.39 is 0 Å². The van der Waals surface area contributed by atoms with E-state index in [0.717, 1.165) is 31.7 Å². The Morgan fingerprint density at radius 2 is 2.00 bits per heavy atom. The zero-order chi connectivity index (χ0) is 9.80. The fourth-order valence-corrected chi connectivity index (χ4v) is 2.12. The second-order valence-corrected chi connectivity index (χ2v) is 4.52. The van der Waals surface area contributed by atoms with Gasteiger partial charge in [0.2, 0.25) is 5.91 Å². The number of rotatable bonds is 4. The Morgan fingerprint density at radius 3 is 2.57 bits per heavy atom. The number of allylic oxidation sites excluding steroid dienone is 2. The van der Waals surface area contributed by atoms with E-state index in [1.165, 1.54) is 19.3 Å². The number of amides is 1. The summed E-state index contributed by atoms with van der Waals surface area (Å²) in [5, 5.41) is 3.04. The Kier molecular flexibility index (Phi) is 3.22. The fraction of sp³-hybridized carbons (Fsp3) is 0.750. The van der Waals surface area contributed by atoms with Crippen molar-refractivity contribution in [1.82, 2.24) is 5.32 Å². The van der Waals surface area contributed by atoms with E-state index >= 15 is 0 Å². The summed E-state index contributed by atoms with van der Waals surface area (Å²) in [4.78, 5) is 11.5. The quantitative estimate of drug-likeness (QED) is 0.682. The summed E-state index contributed by atoms with van der Waals surface area (Å²) in [6.07, 6.45) is 11.5. The van der Waals surface area contributed by atoms with Crippen molar-refractivity contribution in [2.45, 2.75) is 38.5 Å². The maximum atomic E-state index is 11.5. The topological polar surface area (TPSA) is 29.1 Å². The van der Waals surface area contributed by atoms with Crippen molar-refractivity contribution in [3.63, 3.8) is 0 Å². The summed E-state index contributed by atoms with van der Waals surface area (Å²) in [5.41, 5.74) is 0. The molecule has 1 N–H and O–H groups in total. The molecule has 2 aliphatic rings. The molecule has 14 heavy (non-hydrogen) atoms. The average molecular weight is 193 g/mol. The molecular formula is C12H19NO. The zero-order valence-electron chi connectivity index (χ0n) is 8.67. The van der Waals surface area contributed by atoms with Crippen LogP contribution in [-0.4, -0.2) is 12.5 Å². The van der Waals surface area contributed by atoms with Gasteiger partial charge >= 0.3 is 0 Å². The van der Waals surface area contributed by atoms with E-state index in [4.69, 9.17) is 0 Å². The van der Waals surface area contributed by atoms with E-state index in [0.29, 0.717) is 11.8 Å². The van der Waals surface area contributed by atoms with E-state index in [1.54, 1.807) is 0 Å². The Morgan fingerprint density at radius 1 is 1.29 bits per heavy atom. The highest BCUT2D eigenvalue weighted by atomic mass is 16.1. The second kappa shape index (κ2) is 4.63. The van der Waals surface area contributed by atoms with Crippen LogP contribution in [0.1, 0.15) is 38.5 Å². The molecule has 0 atom stereocenters. The lowest BCUT2D eigenvalue weighted by Gasteiger charge is -2.24. The largest absolute Gasteiger partial charge is 0.356 e. The summed E-state index contributed by atoms with van der Waals surface area (Å²) in [6, 6.07) is 0. The molecule has 0 aromatic carbocycles. The molecule has 1 amide bonds. The van der Waals surface area contributed by atoms with Crippen LogP contribution in [-0.2, 0) is 4.79 Å². The Hall–Kier alpha value is -0.790. The Bertz CT molecular complexity index is 222. The summed E-state index contributed by atoms with van der Waals surface area (Å²) < 4.78 is 0. The van der Waals surface area contributed by atoms with Crippen LogP contribution in [0.5, 0.6) is 0 Å². The highest BCUT2D eigenvalue weighted by Crippen LogP contribution is 2.26. The van der Waals surface area contributed by atoms with Gasteiger partial charge in [-0.2, -0.15) is 0 Å². The third-order valence-corrected chi connectivity index (χ3v) is 3.43. The average Bonchev–Trinajstić information content (AvgIpc) is 2.53. The molecule has 0 aromatic heterocycles. The predicted octanol–water partition coefficient (Wildman–Crippen LogP) is 2.26. The van der Waals surface area contributed by atoms with Gasteiger partial charge in [0.15, 0.2) is 0 Å². The van der Waals surface area contributed by atoms with Gasteiger partial charge in [0.1, 0.15) is 0 Å². The molecule has 1 fully saturated rings. The smallest absolute Gasteiger partial charge is 0.223 e. The zero-order valence-corrected chi connectivity index (χ0v) is 8.67. The monoisotopic (exact) mass is 193 g/mol. The third-order valence-electron chi connectivity index (χ3n) is 3.43. The van der Waals surface area contributed by atoms with Gasteiger partial charge in [-0.3, -0.25) is 4.79 Å². The molecular weight excluding hydrogens is 174 g/mol. The van der Waals surface area contributed by atoms with E-state index in [1.807, 2.05) is 0 Å². The minimum atomic E-state index is 0.294. The molecule has 0 saturated heterocycles. The van der Waals surface area contributed by atoms with Crippen molar-refractivity contribution in [2.24, 2.45) is 11.8 Å². The SMILES string of the molecule is O=C(NCCC1CC=CC1)C1CCC1. The Labute approximate surface area is 85.8 Å². The first-order valence-corrected chi connectivity index (χ1v) is 5.79. The van der Waals surface area contributed by atoms with Gasteiger partial charge in [-0.15, -0.1) is 0 Å². The van der Waals surface area contributed by atoms with Crippen LogP contribution in [0.15, 0.2) is 12.2 Å². The number of hydrogen-bond acceptors (Lipinski definition) is 1.